The van der Waals surface area contributed by atoms with Gasteiger partial charge in [0.05, 0.1) is 17.6 Å². The molecule has 1 atom stereocenters. The van der Waals surface area contributed by atoms with Gasteiger partial charge in [-0.3, -0.25) is 9.69 Å². The van der Waals surface area contributed by atoms with Crippen LogP contribution in [0.4, 0.5) is 5.69 Å². The fourth-order valence-corrected chi connectivity index (χ4v) is 5.62. The second kappa shape index (κ2) is 7.61. The molecule has 0 radical (unpaired) electrons. The minimum absolute atomic E-state index is 0.0944. The van der Waals surface area contributed by atoms with Crippen molar-refractivity contribution < 1.29 is 4.79 Å². The van der Waals surface area contributed by atoms with Crippen LogP contribution in [0.1, 0.15) is 49.3 Å². The number of hydrogen-bond donors (Lipinski definition) is 1. The zero-order valence-corrected chi connectivity index (χ0v) is 18.9. The smallest absolute Gasteiger partial charge is 0.162 e. The third kappa shape index (κ3) is 3.45. The fourth-order valence-electron chi connectivity index (χ4n) is 4.42. The highest BCUT2D eigenvalue weighted by molar-refractivity contribution is 7.12. The molecule has 4 nitrogen and oxygen atoms in total. The lowest BCUT2D eigenvalue weighted by atomic mass is 9.69. The Morgan fingerprint density at radius 1 is 1.23 bits per heavy atom. The molecule has 1 aliphatic carbocycles. The second-order valence-electron chi connectivity index (χ2n) is 8.61. The van der Waals surface area contributed by atoms with Crippen molar-refractivity contribution in [1.29, 1.82) is 5.26 Å². The number of halogens is 1. The van der Waals surface area contributed by atoms with Crippen LogP contribution in [0.2, 0.25) is 5.02 Å². The first-order chi connectivity index (χ1) is 14.3. The third-order valence-electron chi connectivity index (χ3n) is 5.78. The number of nitriles is 1. The third-order valence-corrected chi connectivity index (χ3v) is 7.33. The van der Waals surface area contributed by atoms with Crippen LogP contribution in [-0.4, -0.2) is 5.78 Å². The highest BCUT2D eigenvalue weighted by atomic mass is 35.5. The van der Waals surface area contributed by atoms with Gasteiger partial charge in [-0.25, -0.2) is 0 Å². The van der Waals surface area contributed by atoms with E-state index in [4.69, 9.17) is 17.3 Å². The number of carbonyl (C=O) groups is 1. The number of carbonyl (C=O) groups excluding carboxylic acids is 1. The van der Waals surface area contributed by atoms with Gasteiger partial charge in [-0.15, -0.1) is 11.3 Å². The molecule has 2 aromatic rings. The minimum Gasteiger partial charge on any atom is -0.384 e. The Bertz CT molecular complexity index is 1120. The van der Waals surface area contributed by atoms with Gasteiger partial charge in [0.25, 0.3) is 0 Å². The summed E-state index contributed by atoms with van der Waals surface area (Å²) in [6.07, 6.45) is 2.09. The van der Waals surface area contributed by atoms with Gasteiger partial charge in [0.2, 0.25) is 0 Å². The largest absolute Gasteiger partial charge is 0.384 e. The lowest BCUT2D eigenvalue weighted by Gasteiger charge is -2.43. The van der Waals surface area contributed by atoms with Crippen LogP contribution in [0, 0.1) is 16.7 Å². The standard InChI is InChI=1S/C24H24ClN3OS/c1-4-16-9-10-20(30-16)21-17(13-26)23(27)28(15-7-5-14(25)6-8-15)18-11-24(2,3)12-19(29)22(18)21/h5-10,21H,4,11-12,27H2,1-3H3/t21-/m1/s1. The number of hydrogen-bond acceptors (Lipinski definition) is 5. The molecule has 1 aliphatic heterocycles. The predicted molar refractivity (Wildman–Crippen MR) is 122 cm³/mol. The maximum atomic E-state index is 13.4. The van der Waals surface area contributed by atoms with Crippen molar-refractivity contribution in [2.45, 2.75) is 46.0 Å². The molecule has 2 heterocycles. The zero-order chi connectivity index (χ0) is 21.6. The maximum absolute atomic E-state index is 13.4. The SMILES string of the molecule is CCc1ccc([C@H]2C(C#N)=C(N)N(c3ccc(Cl)cc3)C3=C2C(=O)CC(C)(C)C3)s1. The van der Waals surface area contributed by atoms with Gasteiger partial charge in [-0.2, -0.15) is 5.26 Å². The van der Waals surface area contributed by atoms with Gasteiger partial charge >= 0.3 is 0 Å². The number of nitrogens with two attached hydrogens (primary N) is 1. The molecule has 0 unspecified atom stereocenters. The van der Waals surface area contributed by atoms with E-state index in [0.717, 1.165) is 22.7 Å². The van der Waals surface area contributed by atoms with Crippen LogP contribution in [0.25, 0.3) is 0 Å². The molecule has 0 bridgehead atoms. The first kappa shape index (κ1) is 20.7. The van der Waals surface area contributed by atoms with Crippen molar-refractivity contribution in [2.24, 2.45) is 11.1 Å². The molecule has 0 amide bonds. The van der Waals surface area contributed by atoms with E-state index in [2.05, 4.69) is 32.9 Å². The molecule has 0 spiro atoms. The molecule has 154 valence electrons. The quantitative estimate of drug-likeness (QED) is 0.648. The number of Topliss-reactive ketones (excluding diaryl/α,β-unsaturated/α-hetero) is 1. The molecular weight excluding hydrogens is 414 g/mol. The molecular formula is C24H24ClN3OS. The van der Waals surface area contributed by atoms with E-state index in [1.807, 2.05) is 23.1 Å². The molecule has 1 aromatic carbocycles. The summed E-state index contributed by atoms with van der Waals surface area (Å²) in [6, 6.07) is 13.8. The lowest BCUT2D eigenvalue weighted by Crippen LogP contribution is -2.42. The summed E-state index contributed by atoms with van der Waals surface area (Å²) in [4.78, 5) is 17.5. The van der Waals surface area contributed by atoms with Crippen LogP contribution in [0.5, 0.6) is 0 Å². The molecule has 2 N–H and O–H groups in total. The number of allylic oxidation sites excluding steroid dienone is 3. The van der Waals surface area contributed by atoms with Crippen LogP contribution >= 0.6 is 22.9 Å². The van der Waals surface area contributed by atoms with E-state index in [0.29, 0.717) is 34.8 Å². The summed E-state index contributed by atoms with van der Waals surface area (Å²) in [6.45, 7) is 6.31. The summed E-state index contributed by atoms with van der Waals surface area (Å²) >= 11 is 7.74. The topological polar surface area (TPSA) is 70.1 Å². The number of rotatable bonds is 3. The van der Waals surface area contributed by atoms with Gasteiger partial charge in [-0.1, -0.05) is 32.4 Å². The monoisotopic (exact) mass is 437 g/mol. The van der Waals surface area contributed by atoms with Crippen molar-refractivity contribution in [3.05, 3.63) is 73.8 Å². The second-order valence-corrected chi connectivity index (χ2v) is 10.3. The van der Waals surface area contributed by atoms with Gasteiger partial charge in [-0.05, 0) is 54.7 Å². The Morgan fingerprint density at radius 2 is 1.93 bits per heavy atom. The number of anilines is 1. The van der Waals surface area contributed by atoms with Gasteiger partial charge in [0, 0.05) is 38.2 Å². The normalized spacial score (nSPS) is 21.0. The molecule has 2 aliphatic rings. The van der Waals surface area contributed by atoms with Gasteiger partial charge in [0.1, 0.15) is 5.82 Å². The summed E-state index contributed by atoms with van der Waals surface area (Å²) < 4.78 is 0. The van der Waals surface area contributed by atoms with E-state index >= 15 is 0 Å². The number of aryl methyl sites for hydroxylation is 1. The van der Waals surface area contributed by atoms with Crippen molar-refractivity contribution >= 4 is 34.4 Å². The fraction of sp³-hybridized carbons (Fsp3) is 0.333. The number of benzene rings is 1. The molecule has 0 saturated carbocycles. The first-order valence-corrected chi connectivity index (χ1v) is 11.3. The molecule has 6 heteroatoms. The minimum atomic E-state index is -0.401. The lowest BCUT2D eigenvalue weighted by molar-refractivity contribution is -0.118. The first-order valence-electron chi connectivity index (χ1n) is 10.1. The molecule has 30 heavy (non-hydrogen) atoms. The highest BCUT2D eigenvalue weighted by Gasteiger charge is 2.45. The Hall–Kier alpha value is -2.55. The van der Waals surface area contributed by atoms with E-state index in [1.54, 1.807) is 23.5 Å². The number of ketones is 1. The van der Waals surface area contributed by atoms with Crippen molar-refractivity contribution in [1.82, 2.24) is 0 Å². The van der Waals surface area contributed by atoms with E-state index in [9.17, 15) is 10.1 Å². The average molecular weight is 438 g/mol. The highest BCUT2D eigenvalue weighted by Crippen LogP contribution is 2.51. The van der Waals surface area contributed by atoms with Crippen LogP contribution in [0.15, 0.2) is 59.1 Å². The van der Waals surface area contributed by atoms with Crippen molar-refractivity contribution in [2.75, 3.05) is 4.90 Å². The van der Waals surface area contributed by atoms with Gasteiger partial charge < -0.3 is 5.73 Å². The predicted octanol–water partition coefficient (Wildman–Crippen LogP) is 5.90. The van der Waals surface area contributed by atoms with Crippen molar-refractivity contribution in [3.8, 4) is 6.07 Å². The van der Waals surface area contributed by atoms with E-state index < -0.39 is 5.92 Å². The molecule has 0 saturated heterocycles. The summed E-state index contributed by atoms with van der Waals surface area (Å²) in [5, 5.41) is 10.7. The Kier molecular flexibility index (Phi) is 5.25. The number of nitrogens with zero attached hydrogens (tertiary/aromatic N) is 2. The van der Waals surface area contributed by atoms with Gasteiger partial charge in [0.15, 0.2) is 5.78 Å². The average Bonchev–Trinajstić information content (AvgIpc) is 3.16. The molecule has 4 rings (SSSR count). The summed E-state index contributed by atoms with van der Waals surface area (Å²) in [5.41, 5.74) is 9.28. The molecule has 0 fully saturated rings. The molecule has 1 aromatic heterocycles. The van der Waals surface area contributed by atoms with Crippen LogP contribution < -0.4 is 10.6 Å². The zero-order valence-electron chi connectivity index (χ0n) is 17.3. The van der Waals surface area contributed by atoms with E-state index in [1.165, 1.54) is 4.88 Å². The summed E-state index contributed by atoms with van der Waals surface area (Å²) in [5.74, 6) is 0.0832. The Balaban J connectivity index is 1.97. The van der Waals surface area contributed by atoms with E-state index in [-0.39, 0.29) is 11.2 Å². The van der Waals surface area contributed by atoms with Crippen molar-refractivity contribution in [3.63, 3.8) is 0 Å². The summed E-state index contributed by atoms with van der Waals surface area (Å²) in [7, 11) is 0. The maximum Gasteiger partial charge on any atom is 0.162 e. The van der Waals surface area contributed by atoms with Crippen LogP contribution in [0.3, 0.4) is 0 Å². The Labute approximate surface area is 186 Å². The Morgan fingerprint density at radius 3 is 2.53 bits per heavy atom. The number of thiophene rings is 1. The van der Waals surface area contributed by atoms with Crippen LogP contribution in [-0.2, 0) is 11.2 Å².